The fourth-order valence-electron chi connectivity index (χ4n) is 6.93. The zero-order valence-electron chi connectivity index (χ0n) is 25.1. The van der Waals surface area contributed by atoms with Crippen LogP contribution in [0.1, 0.15) is 43.9 Å². The van der Waals surface area contributed by atoms with E-state index in [9.17, 15) is 14.4 Å². The van der Waals surface area contributed by atoms with E-state index in [-0.39, 0.29) is 35.7 Å². The van der Waals surface area contributed by atoms with Crippen LogP contribution in [-0.2, 0) is 24.7 Å². The largest absolute Gasteiger partial charge is 0.467 e. The Labute approximate surface area is 249 Å². The van der Waals surface area contributed by atoms with E-state index in [1.807, 2.05) is 80.3 Å². The van der Waals surface area contributed by atoms with Crippen LogP contribution in [0.4, 0.5) is 0 Å². The highest BCUT2D eigenvalue weighted by Crippen LogP contribution is 2.49. The van der Waals surface area contributed by atoms with Crippen LogP contribution in [0.3, 0.4) is 0 Å². The molecule has 0 saturated carbocycles. The molecule has 3 aromatic rings. The number of carbonyl (C=O) groups excluding carboxylic acids is 3. The standard InChI is InChI=1S/C35H41N3O4/c1-24(2)31(34(41)42-5)36(4)32(39)29-21-22-37(25(29)3)33(40)30-23-38(30)35(26-15-9-6-10-16-26,27-17-11-7-12-18-27)28-19-13-8-14-20-28/h6-20,24-25,29-31H,21-23H2,1-5H3/t25-,29?,30?,31-,38?/m0/s1. The number of hydrogen-bond donors (Lipinski definition) is 0. The fraction of sp³-hybridized carbons (Fsp3) is 0.400. The maximum Gasteiger partial charge on any atom is 0.328 e. The summed E-state index contributed by atoms with van der Waals surface area (Å²) < 4.78 is 4.98. The lowest BCUT2D eigenvalue weighted by molar-refractivity contribution is -0.155. The van der Waals surface area contributed by atoms with Crippen LogP contribution < -0.4 is 0 Å². The third-order valence-electron chi connectivity index (χ3n) is 9.10. The van der Waals surface area contributed by atoms with Crippen LogP contribution in [0.5, 0.6) is 0 Å². The average molecular weight is 568 g/mol. The second kappa shape index (κ2) is 12.1. The van der Waals surface area contributed by atoms with Gasteiger partial charge in [-0.3, -0.25) is 14.5 Å². The molecular weight excluding hydrogens is 526 g/mol. The molecule has 0 N–H and O–H groups in total. The molecule has 7 heteroatoms. The van der Waals surface area contributed by atoms with Crippen molar-refractivity contribution in [3.63, 3.8) is 0 Å². The first-order chi connectivity index (χ1) is 20.2. The lowest BCUT2D eigenvalue weighted by Gasteiger charge is -2.38. The minimum absolute atomic E-state index is 0.0426. The predicted octanol–water partition coefficient (Wildman–Crippen LogP) is 4.56. The number of ether oxygens (including phenoxy) is 1. The van der Waals surface area contributed by atoms with Crippen LogP contribution in [-0.4, -0.2) is 77.9 Å². The van der Waals surface area contributed by atoms with Crippen LogP contribution in [0, 0.1) is 11.8 Å². The molecule has 3 unspecified atom stereocenters. The van der Waals surface area contributed by atoms with Crippen molar-refractivity contribution in [2.45, 2.75) is 50.9 Å². The van der Waals surface area contributed by atoms with E-state index < -0.39 is 17.6 Å². The van der Waals surface area contributed by atoms with E-state index in [2.05, 4.69) is 41.3 Å². The molecule has 0 aromatic heterocycles. The number of likely N-dealkylation sites (tertiary alicyclic amines) is 1. The summed E-state index contributed by atoms with van der Waals surface area (Å²) in [5.41, 5.74) is 2.66. The number of amides is 2. The highest BCUT2D eigenvalue weighted by Gasteiger charge is 2.58. The second-order valence-electron chi connectivity index (χ2n) is 11.8. The van der Waals surface area contributed by atoms with Gasteiger partial charge in [0.2, 0.25) is 11.8 Å². The monoisotopic (exact) mass is 567 g/mol. The topological polar surface area (TPSA) is 69.9 Å². The maximum absolute atomic E-state index is 14.2. The normalized spacial score (nSPS) is 22.5. The molecule has 2 saturated heterocycles. The number of nitrogens with zero attached hydrogens (tertiary/aromatic N) is 3. The van der Waals surface area contributed by atoms with Crippen molar-refractivity contribution < 1.29 is 19.1 Å². The number of carbonyl (C=O) groups is 3. The Kier molecular flexibility index (Phi) is 8.50. The summed E-state index contributed by atoms with van der Waals surface area (Å²) in [4.78, 5) is 45.9. The number of rotatable bonds is 9. The maximum atomic E-state index is 14.2. The summed E-state index contributed by atoms with van der Waals surface area (Å²) in [6, 6.07) is 29.9. The summed E-state index contributed by atoms with van der Waals surface area (Å²) in [5.74, 6) is -0.975. The van der Waals surface area contributed by atoms with Gasteiger partial charge in [0.25, 0.3) is 0 Å². The number of hydrogen-bond acceptors (Lipinski definition) is 5. The SMILES string of the molecule is COC(=O)[C@H](C(C)C)N(C)C(=O)C1CCN(C(=O)C2CN2C(c2ccccc2)(c2ccccc2)c2ccccc2)[C@H]1C. The molecule has 0 radical (unpaired) electrons. The molecular formula is C35H41N3O4. The van der Waals surface area contributed by atoms with Gasteiger partial charge in [-0.05, 0) is 36.0 Å². The highest BCUT2D eigenvalue weighted by atomic mass is 16.5. The summed E-state index contributed by atoms with van der Waals surface area (Å²) in [5, 5.41) is 0. The van der Waals surface area contributed by atoms with E-state index in [1.165, 1.54) is 12.0 Å². The molecule has 7 nitrogen and oxygen atoms in total. The Morgan fingerprint density at radius 1 is 0.857 bits per heavy atom. The Balaban J connectivity index is 1.43. The first-order valence-electron chi connectivity index (χ1n) is 14.8. The van der Waals surface area contributed by atoms with Crippen molar-refractivity contribution in [3.8, 4) is 0 Å². The van der Waals surface area contributed by atoms with E-state index in [0.717, 1.165) is 16.7 Å². The van der Waals surface area contributed by atoms with Crippen molar-refractivity contribution in [2.75, 3.05) is 27.2 Å². The Bertz CT molecular complexity index is 1300. The average Bonchev–Trinajstić information content (AvgIpc) is 3.72. The molecule has 2 fully saturated rings. The molecule has 0 bridgehead atoms. The molecule has 220 valence electrons. The number of benzene rings is 3. The molecule has 5 atom stereocenters. The zero-order valence-corrected chi connectivity index (χ0v) is 25.1. The molecule has 3 aromatic carbocycles. The summed E-state index contributed by atoms with van der Waals surface area (Å²) in [6.07, 6.45) is 0.565. The Morgan fingerprint density at radius 2 is 1.33 bits per heavy atom. The lowest BCUT2D eigenvalue weighted by Crippen LogP contribution is -2.50. The smallest absolute Gasteiger partial charge is 0.328 e. The molecule has 2 aliphatic heterocycles. The second-order valence-corrected chi connectivity index (χ2v) is 11.8. The summed E-state index contributed by atoms with van der Waals surface area (Å²) in [6.45, 7) is 6.87. The van der Waals surface area contributed by atoms with Gasteiger partial charge in [0, 0.05) is 26.2 Å². The van der Waals surface area contributed by atoms with Gasteiger partial charge in [-0.2, -0.15) is 0 Å². The van der Waals surface area contributed by atoms with Gasteiger partial charge in [0.1, 0.15) is 12.1 Å². The van der Waals surface area contributed by atoms with Gasteiger partial charge in [-0.1, -0.05) is 105 Å². The molecule has 0 spiro atoms. The van der Waals surface area contributed by atoms with Crippen molar-refractivity contribution in [1.29, 1.82) is 0 Å². The van der Waals surface area contributed by atoms with Crippen LogP contribution in [0.2, 0.25) is 0 Å². The van der Waals surface area contributed by atoms with E-state index in [4.69, 9.17) is 4.74 Å². The molecule has 0 aliphatic carbocycles. The molecule has 2 amide bonds. The predicted molar refractivity (Wildman–Crippen MR) is 162 cm³/mol. The van der Waals surface area contributed by atoms with Gasteiger partial charge < -0.3 is 14.5 Å². The van der Waals surface area contributed by atoms with Crippen LogP contribution in [0.25, 0.3) is 0 Å². The molecule has 2 aliphatic rings. The molecule has 5 rings (SSSR count). The fourth-order valence-corrected chi connectivity index (χ4v) is 6.93. The van der Waals surface area contributed by atoms with Crippen LogP contribution >= 0.6 is 0 Å². The van der Waals surface area contributed by atoms with Crippen LogP contribution in [0.15, 0.2) is 91.0 Å². The quantitative estimate of drug-likeness (QED) is 0.216. The minimum Gasteiger partial charge on any atom is -0.467 e. The summed E-state index contributed by atoms with van der Waals surface area (Å²) >= 11 is 0. The third kappa shape index (κ3) is 5.11. The van der Waals surface area contributed by atoms with Gasteiger partial charge in [-0.15, -0.1) is 0 Å². The zero-order chi connectivity index (χ0) is 30.0. The molecule has 42 heavy (non-hydrogen) atoms. The number of esters is 1. The van der Waals surface area contributed by atoms with E-state index in [0.29, 0.717) is 19.5 Å². The molecule has 2 heterocycles. The first-order valence-corrected chi connectivity index (χ1v) is 14.8. The highest BCUT2D eigenvalue weighted by molar-refractivity contribution is 5.89. The number of likely N-dealkylation sites (N-methyl/N-ethyl adjacent to an activating group) is 1. The van der Waals surface area contributed by atoms with Gasteiger partial charge in [0.15, 0.2) is 0 Å². The Morgan fingerprint density at radius 3 is 1.76 bits per heavy atom. The van der Waals surface area contributed by atoms with E-state index >= 15 is 0 Å². The third-order valence-corrected chi connectivity index (χ3v) is 9.10. The number of methoxy groups -OCH3 is 1. The van der Waals surface area contributed by atoms with Crippen molar-refractivity contribution in [2.24, 2.45) is 11.8 Å². The van der Waals surface area contributed by atoms with Gasteiger partial charge >= 0.3 is 5.97 Å². The Hall–Kier alpha value is -3.97. The van der Waals surface area contributed by atoms with E-state index in [1.54, 1.807) is 7.05 Å². The van der Waals surface area contributed by atoms with Crippen molar-refractivity contribution in [1.82, 2.24) is 14.7 Å². The first kappa shape index (κ1) is 29.5. The van der Waals surface area contributed by atoms with Crippen molar-refractivity contribution >= 4 is 17.8 Å². The lowest BCUT2D eigenvalue weighted by atomic mass is 9.76. The van der Waals surface area contributed by atoms with Gasteiger partial charge in [0.05, 0.1) is 18.6 Å². The minimum atomic E-state index is -0.665. The van der Waals surface area contributed by atoms with Gasteiger partial charge in [-0.25, -0.2) is 4.79 Å². The van der Waals surface area contributed by atoms with Crippen molar-refractivity contribution in [3.05, 3.63) is 108 Å². The summed E-state index contributed by atoms with van der Waals surface area (Å²) in [7, 11) is 3.01.